The van der Waals surface area contributed by atoms with Crippen LogP contribution in [0.5, 0.6) is 11.5 Å². The first kappa shape index (κ1) is 24.1. The van der Waals surface area contributed by atoms with Crippen molar-refractivity contribution in [2.75, 3.05) is 12.4 Å². The first-order valence-corrected chi connectivity index (χ1v) is 12.6. The molecule has 1 N–H and O–H groups in total. The molecule has 0 bridgehead atoms. The van der Waals surface area contributed by atoms with Gasteiger partial charge in [0.25, 0.3) is 0 Å². The molecule has 0 amide bonds. The second kappa shape index (κ2) is 10.6. The molecule has 0 aliphatic rings. The van der Waals surface area contributed by atoms with Gasteiger partial charge < -0.3 is 14.8 Å². The van der Waals surface area contributed by atoms with Crippen molar-refractivity contribution in [2.45, 2.75) is 20.1 Å². The normalized spacial score (nSPS) is 11.0. The molecule has 0 saturated carbocycles. The number of ether oxygens (including phenoxy) is 2. The van der Waals surface area contributed by atoms with Crippen molar-refractivity contribution >= 4 is 38.8 Å². The molecule has 0 atom stereocenters. The number of halogens is 2. The summed E-state index contributed by atoms with van der Waals surface area (Å²) in [5.41, 5.74) is 6.14. The standard InChI is InChI=1S/C29H24ClFN2O2S/c1-18-3-11-25-28(13-18)36-29(33-25)20-6-9-23(10-7-20)32-16-19-4-12-26(27(14-19)34-2)35-17-21-5-8-22(31)15-24(21)30/h3-15,32H,16-17H2,1-2H3. The Hall–Kier alpha value is -3.61. The van der Waals surface area contributed by atoms with Crippen LogP contribution >= 0.6 is 22.9 Å². The van der Waals surface area contributed by atoms with E-state index in [9.17, 15) is 4.39 Å². The van der Waals surface area contributed by atoms with E-state index in [4.69, 9.17) is 26.1 Å². The van der Waals surface area contributed by atoms with Crippen LogP contribution in [0.1, 0.15) is 16.7 Å². The number of thiazole rings is 1. The summed E-state index contributed by atoms with van der Waals surface area (Å²) in [7, 11) is 1.60. The van der Waals surface area contributed by atoms with Crippen LogP contribution in [0.25, 0.3) is 20.8 Å². The highest BCUT2D eigenvalue weighted by Crippen LogP contribution is 2.32. The molecule has 1 aromatic heterocycles. The highest BCUT2D eigenvalue weighted by molar-refractivity contribution is 7.21. The molecule has 4 nitrogen and oxygen atoms in total. The molecule has 182 valence electrons. The van der Waals surface area contributed by atoms with Crippen molar-refractivity contribution < 1.29 is 13.9 Å². The molecule has 0 unspecified atom stereocenters. The largest absolute Gasteiger partial charge is 0.493 e. The minimum absolute atomic E-state index is 0.216. The number of fused-ring (bicyclic) bond motifs is 1. The zero-order chi connectivity index (χ0) is 25.1. The quantitative estimate of drug-likeness (QED) is 0.224. The zero-order valence-corrected chi connectivity index (χ0v) is 21.4. The zero-order valence-electron chi connectivity index (χ0n) is 19.8. The van der Waals surface area contributed by atoms with E-state index in [0.717, 1.165) is 27.3 Å². The topological polar surface area (TPSA) is 43.4 Å². The van der Waals surface area contributed by atoms with E-state index in [0.29, 0.717) is 28.6 Å². The Balaban J connectivity index is 1.22. The Labute approximate surface area is 218 Å². The minimum atomic E-state index is -0.375. The fraction of sp³-hybridized carbons (Fsp3) is 0.138. The van der Waals surface area contributed by atoms with Gasteiger partial charge in [-0.05, 0) is 78.7 Å². The number of hydrogen-bond acceptors (Lipinski definition) is 5. The molecular weight excluding hydrogens is 495 g/mol. The number of nitrogens with one attached hydrogen (secondary N) is 1. The van der Waals surface area contributed by atoms with Gasteiger partial charge in [0.05, 0.1) is 22.3 Å². The predicted molar refractivity (Wildman–Crippen MR) is 146 cm³/mol. The fourth-order valence-electron chi connectivity index (χ4n) is 3.83. The third-order valence-electron chi connectivity index (χ3n) is 5.80. The lowest BCUT2D eigenvalue weighted by molar-refractivity contribution is 0.284. The third kappa shape index (κ3) is 5.45. The molecule has 0 aliphatic heterocycles. The summed E-state index contributed by atoms with van der Waals surface area (Å²) in [5, 5.41) is 4.80. The lowest BCUT2D eigenvalue weighted by Gasteiger charge is -2.14. The number of rotatable bonds is 8. The first-order valence-electron chi connectivity index (χ1n) is 11.4. The predicted octanol–water partition coefficient (Wildman–Crippen LogP) is 8.26. The summed E-state index contributed by atoms with van der Waals surface area (Å²) in [5.74, 6) is 0.839. The van der Waals surface area contributed by atoms with Gasteiger partial charge in [-0.3, -0.25) is 0 Å². The van der Waals surface area contributed by atoms with Gasteiger partial charge >= 0.3 is 0 Å². The monoisotopic (exact) mass is 518 g/mol. The van der Waals surface area contributed by atoms with Crippen LogP contribution in [0.3, 0.4) is 0 Å². The summed E-state index contributed by atoms with van der Waals surface area (Å²) in [6.07, 6.45) is 0. The molecule has 0 radical (unpaired) electrons. The number of hydrogen-bond donors (Lipinski definition) is 1. The van der Waals surface area contributed by atoms with E-state index in [2.05, 4.69) is 54.7 Å². The number of anilines is 1. The molecule has 0 saturated heterocycles. The van der Waals surface area contributed by atoms with Crippen molar-refractivity contribution in [1.82, 2.24) is 4.98 Å². The van der Waals surface area contributed by atoms with Crippen molar-refractivity contribution in [3.05, 3.63) is 106 Å². The second-order valence-electron chi connectivity index (χ2n) is 8.43. The molecule has 36 heavy (non-hydrogen) atoms. The van der Waals surface area contributed by atoms with Crippen molar-refractivity contribution in [3.63, 3.8) is 0 Å². The van der Waals surface area contributed by atoms with Crippen LogP contribution in [-0.4, -0.2) is 12.1 Å². The van der Waals surface area contributed by atoms with E-state index >= 15 is 0 Å². The molecule has 0 aliphatic carbocycles. The lowest BCUT2D eigenvalue weighted by Crippen LogP contribution is -2.02. The van der Waals surface area contributed by atoms with Crippen LogP contribution in [-0.2, 0) is 13.2 Å². The number of aromatic nitrogens is 1. The Morgan fingerprint density at radius 1 is 0.944 bits per heavy atom. The molecular formula is C29H24ClFN2O2S. The maximum absolute atomic E-state index is 13.3. The van der Waals surface area contributed by atoms with Gasteiger partial charge in [0.2, 0.25) is 0 Å². The number of nitrogens with zero attached hydrogens (tertiary/aromatic N) is 1. The van der Waals surface area contributed by atoms with Crippen LogP contribution in [0.2, 0.25) is 5.02 Å². The lowest BCUT2D eigenvalue weighted by atomic mass is 10.1. The van der Waals surface area contributed by atoms with Gasteiger partial charge in [-0.25, -0.2) is 9.37 Å². The highest BCUT2D eigenvalue weighted by atomic mass is 35.5. The van der Waals surface area contributed by atoms with E-state index < -0.39 is 0 Å². The third-order valence-corrected chi connectivity index (χ3v) is 7.22. The average Bonchev–Trinajstić information content (AvgIpc) is 3.31. The Morgan fingerprint density at radius 2 is 1.78 bits per heavy atom. The average molecular weight is 519 g/mol. The molecule has 5 rings (SSSR count). The minimum Gasteiger partial charge on any atom is -0.493 e. The van der Waals surface area contributed by atoms with Gasteiger partial charge in [-0.1, -0.05) is 29.8 Å². The summed E-state index contributed by atoms with van der Waals surface area (Å²) >= 11 is 7.81. The Kier molecular flexibility index (Phi) is 7.07. The van der Waals surface area contributed by atoms with Crippen LogP contribution in [0, 0.1) is 12.7 Å². The summed E-state index contributed by atoms with van der Waals surface area (Å²) in [4.78, 5) is 4.77. The molecule has 5 aromatic rings. The Morgan fingerprint density at radius 3 is 2.56 bits per heavy atom. The van der Waals surface area contributed by atoms with Crippen molar-refractivity contribution in [3.8, 4) is 22.1 Å². The first-order chi connectivity index (χ1) is 17.5. The number of methoxy groups -OCH3 is 1. The van der Waals surface area contributed by atoms with Crippen LogP contribution < -0.4 is 14.8 Å². The summed E-state index contributed by atoms with van der Waals surface area (Å²) < 4.78 is 25.9. The SMILES string of the molecule is COc1cc(CNc2ccc(-c3nc4ccc(C)cc4s3)cc2)ccc1OCc1ccc(F)cc1Cl. The van der Waals surface area contributed by atoms with E-state index in [1.165, 1.54) is 22.4 Å². The molecule has 1 heterocycles. The van der Waals surface area contributed by atoms with Crippen molar-refractivity contribution in [1.29, 1.82) is 0 Å². The Bertz CT molecular complexity index is 1520. The van der Waals surface area contributed by atoms with Gasteiger partial charge in [-0.15, -0.1) is 11.3 Å². The summed E-state index contributed by atoms with van der Waals surface area (Å²) in [6.45, 7) is 2.94. The van der Waals surface area contributed by atoms with Crippen LogP contribution in [0.4, 0.5) is 10.1 Å². The smallest absolute Gasteiger partial charge is 0.161 e. The maximum atomic E-state index is 13.3. The van der Waals surface area contributed by atoms with Gasteiger partial charge in [-0.2, -0.15) is 0 Å². The number of aryl methyl sites for hydroxylation is 1. The van der Waals surface area contributed by atoms with Gasteiger partial charge in [0, 0.05) is 23.4 Å². The van der Waals surface area contributed by atoms with Crippen LogP contribution in [0.15, 0.2) is 78.9 Å². The van der Waals surface area contributed by atoms with E-state index in [1.54, 1.807) is 24.5 Å². The maximum Gasteiger partial charge on any atom is 0.161 e. The van der Waals surface area contributed by atoms with Gasteiger partial charge in [0.1, 0.15) is 17.4 Å². The fourth-order valence-corrected chi connectivity index (χ4v) is 5.12. The van der Waals surface area contributed by atoms with E-state index in [1.807, 2.05) is 18.2 Å². The van der Waals surface area contributed by atoms with Crippen molar-refractivity contribution in [2.24, 2.45) is 0 Å². The summed E-state index contributed by atoms with van der Waals surface area (Å²) in [6, 6.07) is 24.7. The van der Waals surface area contributed by atoms with Gasteiger partial charge in [0.15, 0.2) is 11.5 Å². The molecule has 0 spiro atoms. The number of benzene rings is 4. The molecule has 4 aromatic carbocycles. The molecule has 0 fully saturated rings. The highest BCUT2D eigenvalue weighted by Gasteiger charge is 2.10. The second-order valence-corrected chi connectivity index (χ2v) is 9.87. The van der Waals surface area contributed by atoms with E-state index in [-0.39, 0.29) is 12.4 Å². The molecule has 7 heteroatoms.